The summed E-state index contributed by atoms with van der Waals surface area (Å²) < 4.78 is 70.4. The van der Waals surface area contributed by atoms with Gasteiger partial charge in [0.05, 0.1) is 18.2 Å². The van der Waals surface area contributed by atoms with Crippen molar-refractivity contribution in [2.75, 3.05) is 25.9 Å². The van der Waals surface area contributed by atoms with Crippen LogP contribution < -0.4 is 5.73 Å². The number of nitrogens with zero attached hydrogens (tertiary/aromatic N) is 5. The number of piperidine rings is 1. The van der Waals surface area contributed by atoms with E-state index in [-0.39, 0.29) is 49.5 Å². The van der Waals surface area contributed by atoms with Gasteiger partial charge in [0.25, 0.3) is 5.96 Å². The molecule has 0 bridgehead atoms. The molecule has 0 spiro atoms. The molecular formula is C24H26ClF3N6O2S2. The van der Waals surface area contributed by atoms with E-state index in [0.717, 1.165) is 27.2 Å². The lowest BCUT2D eigenvalue weighted by atomic mass is 9.91. The Bertz CT molecular complexity index is 1330. The maximum Gasteiger partial charge on any atom is 0.391 e. The first-order chi connectivity index (χ1) is 18.0. The molecule has 0 aliphatic carbocycles. The quantitative estimate of drug-likeness (QED) is 0.413. The van der Waals surface area contributed by atoms with Crippen LogP contribution in [-0.4, -0.2) is 66.6 Å². The van der Waals surface area contributed by atoms with Gasteiger partial charge in [0.2, 0.25) is 0 Å². The molecule has 14 heteroatoms. The predicted octanol–water partition coefficient (Wildman–Crippen LogP) is 4.70. The number of guanidine groups is 1. The second-order valence-corrected chi connectivity index (χ2v) is 11.6. The van der Waals surface area contributed by atoms with Crippen LogP contribution in [0.1, 0.15) is 29.9 Å². The van der Waals surface area contributed by atoms with Crippen LogP contribution in [0.3, 0.4) is 0 Å². The van der Waals surface area contributed by atoms with Crippen molar-refractivity contribution >= 4 is 50.4 Å². The van der Waals surface area contributed by atoms with Gasteiger partial charge in [-0.2, -0.15) is 36.0 Å². The maximum atomic E-state index is 13.2. The summed E-state index contributed by atoms with van der Waals surface area (Å²) in [7, 11) is -4.36. The summed E-state index contributed by atoms with van der Waals surface area (Å²) in [6.07, 6.45) is -3.35. The topological polar surface area (TPSA) is 104 Å². The molecule has 1 saturated heterocycles. The number of hydrazone groups is 1. The lowest BCUT2D eigenvalue weighted by Gasteiger charge is -2.30. The fraction of sp³-hybridized carbons (Fsp3) is 0.375. The van der Waals surface area contributed by atoms with Gasteiger partial charge in [-0.15, -0.1) is 4.40 Å². The molecule has 4 rings (SSSR count). The summed E-state index contributed by atoms with van der Waals surface area (Å²) in [5.74, 6) is -2.06. The molecule has 0 radical (unpaired) electrons. The van der Waals surface area contributed by atoms with E-state index in [9.17, 15) is 21.6 Å². The Hall–Kier alpha value is -2.61. The number of thioether (sulfide) groups is 1. The third kappa shape index (κ3) is 6.68. The fourth-order valence-electron chi connectivity index (χ4n) is 4.30. The van der Waals surface area contributed by atoms with Crippen molar-refractivity contribution in [2.45, 2.75) is 24.9 Å². The van der Waals surface area contributed by atoms with E-state index >= 15 is 0 Å². The van der Waals surface area contributed by atoms with Crippen LogP contribution in [0.25, 0.3) is 0 Å². The molecule has 2 N–H and O–H groups in total. The molecule has 1 fully saturated rings. The van der Waals surface area contributed by atoms with E-state index in [4.69, 9.17) is 17.3 Å². The van der Waals surface area contributed by atoms with Gasteiger partial charge in [0, 0.05) is 24.0 Å². The monoisotopic (exact) mass is 586 g/mol. The number of rotatable bonds is 4. The zero-order valence-corrected chi connectivity index (χ0v) is 22.7. The maximum absolute atomic E-state index is 13.2. The summed E-state index contributed by atoms with van der Waals surface area (Å²) in [5.41, 5.74) is 8.30. The Labute approximate surface area is 228 Å². The second-order valence-electron chi connectivity index (χ2n) is 8.78. The number of alkyl halides is 3. The summed E-state index contributed by atoms with van der Waals surface area (Å²) >= 11 is 7.16. The number of amidine groups is 1. The van der Waals surface area contributed by atoms with Crippen molar-refractivity contribution in [1.82, 2.24) is 9.31 Å². The molecule has 1 atom stereocenters. The highest BCUT2D eigenvalue weighted by atomic mass is 35.5. The minimum atomic E-state index is -4.36. The molecule has 38 heavy (non-hydrogen) atoms. The van der Waals surface area contributed by atoms with Gasteiger partial charge in [0.1, 0.15) is 0 Å². The van der Waals surface area contributed by atoms with Crippen LogP contribution in [0.2, 0.25) is 5.02 Å². The summed E-state index contributed by atoms with van der Waals surface area (Å²) in [6.45, 7) is -0.370. The molecule has 2 aromatic carbocycles. The van der Waals surface area contributed by atoms with E-state index in [1.165, 1.54) is 5.01 Å². The molecule has 2 aliphatic rings. The van der Waals surface area contributed by atoms with E-state index < -0.39 is 22.3 Å². The van der Waals surface area contributed by atoms with Crippen molar-refractivity contribution in [2.24, 2.45) is 26.1 Å². The van der Waals surface area contributed by atoms with E-state index in [2.05, 4.69) is 14.5 Å². The Morgan fingerprint density at radius 1 is 1.11 bits per heavy atom. The van der Waals surface area contributed by atoms with E-state index in [1.807, 2.05) is 42.5 Å². The van der Waals surface area contributed by atoms with Crippen molar-refractivity contribution in [1.29, 1.82) is 0 Å². The first kappa shape index (κ1) is 28.4. The summed E-state index contributed by atoms with van der Waals surface area (Å²) in [5, 5.41) is 6.66. The fourth-order valence-corrected chi connectivity index (χ4v) is 5.73. The average Bonchev–Trinajstić information content (AvgIpc) is 3.34. The number of hydrogen-bond acceptors (Lipinski definition) is 4. The van der Waals surface area contributed by atoms with Crippen LogP contribution in [0.15, 0.2) is 69.1 Å². The summed E-state index contributed by atoms with van der Waals surface area (Å²) in [6, 6.07) is 16.7. The number of halogens is 4. The van der Waals surface area contributed by atoms with Crippen molar-refractivity contribution < 1.29 is 21.6 Å². The molecule has 8 nitrogen and oxygen atoms in total. The minimum Gasteiger partial charge on any atom is -0.378 e. The van der Waals surface area contributed by atoms with Gasteiger partial charge in [0.15, 0.2) is 5.17 Å². The van der Waals surface area contributed by atoms with E-state index in [1.54, 1.807) is 18.4 Å². The van der Waals surface area contributed by atoms with Crippen molar-refractivity contribution in [3.63, 3.8) is 0 Å². The van der Waals surface area contributed by atoms with Crippen LogP contribution in [-0.2, 0) is 10.2 Å². The Kier molecular flexibility index (Phi) is 8.70. The van der Waals surface area contributed by atoms with Crippen molar-refractivity contribution in [3.05, 3.63) is 70.7 Å². The van der Waals surface area contributed by atoms with Gasteiger partial charge in [-0.25, -0.2) is 5.01 Å². The molecule has 0 amide bonds. The van der Waals surface area contributed by atoms with Crippen LogP contribution in [0.5, 0.6) is 0 Å². The highest BCUT2D eigenvalue weighted by Crippen LogP contribution is 2.35. The number of aliphatic imine (C=N–C) groups is 1. The lowest BCUT2D eigenvalue weighted by molar-refractivity contribution is -0.182. The lowest BCUT2D eigenvalue weighted by Crippen LogP contribution is -2.42. The zero-order chi connectivity index (χ0) is 27.5. The predicted molar refractivity (Wildman–Crippen MR) is 146 cm³/mol. The van der Waals surface area contributed by atoms with Crippen LogP contribution >= 0.6 is 23.4 Å². The van der Waals surface area contributed by atoms with Crippen LogP contribution in [0, 0.1) is 5.92 Å². The molecule has 2 aromatic rings. The zero-order valence-electron chi connectivity index (χ0n) is 20.3. The van der Waals surface area contributed by atoms with Gasteiger partial charge in [-0.05, 0) is 42.4 Å². The van der Waals surface area contributed by atoms with Gasteiger partial charge in [-0.3, -0.25) is 0 Å². The van der Waals surface area contributed by atoms with Gasteiger partial charge in [-0.1, -0.05) is 65.8 Å². The first-order valence-electron chi connectivity index (χ1n) is 11.7. The third-order valence-corrected chi connectivity index (χ3v) is 8.52. The van der Waals surface area contributed by atoms with Crippen LogP contribution in [0.4, 0.5) is 13.2 Å². The SMILES string of the molecule is CS/C(N)=N/C(=N/S(=O)(=O)N1CCC(C(F)(F)F)CC1)N1CC(c2ccccc2)C(c2ccc(Cl)cc2)=N1. The molecular weight excluding hydrogens is 561 g/mol. The third-order valence-electron chi connectivity index (χ3n) is 6.35. The molecule has 204 valence electrons. The first-order valence-corrected chi connectivity index (χ1v) is 14.7. The van der Waals surface area contributed by atoms with E-state index in [0.29, 0.717) is 10.7 Å². The number of nitrogens with two attached hydrogens (primary N) is 1. The Balaban J connectivity index is 1.70. The largest absolute Gasteiger partial charge is 0.391 e. The van der Waals surface area contributed by atoms with Crippen molar-refractivity contribution in [3.8, 4) is 0 Å². The van der Waals surface area contributed by atoms with Gasteiger partial charge < -0.3 is 5.73 Å². The molecule has 2 heterocycles. The standard InChI is InChI=1S/C24H26ClF3N6O2S2/c1-37-22(29)30-23(32-38(35,36)33-13-11-18(12-14-33)24(26,27)28)34-15-20(16-5-3-2-4-6-16)21(31-34)17-7-9-19(25)10-8-17/h2-10,18,20H,11-15H2,1H3,(H2,29,30,32). The normalized spacial score (nSPS) is 20.6. The average molecular weight is 587 g/mol. The molecule has 2 aliphatic heterocycles. The Morgan fingerprint density at radius 3 is 2.32 bits per heavy atom. The summed E-state index contributed by atoms with van der Waals surface area (Å²) in [4.78, 5) is 4.20. The Morgan fingerprint density at radius 2 is 1.74 bits per heavy atom. The highest BCUT2D eigenvalue weighted by Gasteiger charge is 2.43. The molecule has 1 unspecified atom stereocenters. The van der Waals surface area contributed by atoms with Gasteiger partial charge >= 0.3 is 16.4 Å². The second kappa shape index (κ2) is 11.6. The highest BCUT2D eigenvalue weighted by molar-refractivity contribution is 8.13. The molecule has 0 aromatic heterocycles. The molecule has 0 saturated carbocycles. The smallest absolute Gasteiger partial charge is 0.378 e. The number of benzene rings is 2. The number of hydrogen-bond donors (Lipinski definition) is 1. The minimum absolute atomic E-state index is 0.0566.